The summed E-state index contributed by atoms with van der Waals surface area (Å²) in [7, 11) is 0. The smallest absolute Gasteiger partial charge is 0.197 e. The molecule has 0 unspecified atom stereocenters. The number of ether oxygens (including phenoxy) is 1. The number of phenols is 4. The Kier molecular flexibility index (Phi) is 5.44. The minimum Gasteiger partial charge on any atom is -0.507 e. The van der Waals surface area contributed by atoms with Crippen molar-refractivity contribution >= 4 is 11.0 Å². The highest BCUT2D eigenvalue weighted by molar-refractivity contribution is 5.88. The Hall–Kier alpha value is -3.35. The molecule has 0 saturated carbocycles. The minimum absolute atomic E-state index is 0.0304. The van der Waals surface area contributed by atoms with Crippen molar-refractivity contribution in [3.63, 3.8) is 0 Å². The Morgan fingerprint density at radius 3 is 2.22 bits per heavy atom. The predicted molar refractivity (Wildman–Crippen MR) is 107 cm³/mol. The third-order valence-electron chi connectivity index (χ3n) is 5.45. The quantitative estimate of drug-likeness (QED) is 0.247. The van der Waals surface area contributed by atoms with Crippen molar-refractivity contribution in [3.05, 3.63) is 46.1 Å². The van der Waals surface area contributed by atoms with Crippen LogP contribution < -0.4 is 5.43 Å². The average molecular weight is 448 g/mol. The molecule has 170 valence electrons. The molecule has 0 aliphatic carbocycles. The van der Waals surface area contributed by atoms with Crippen LogP contribution in [0, 0.1) is 0 Å². The van der Waals surface area contributed by atoms with Crippen LogP contribution in [0.15, 0.2) is 39.5 Å². The summed E-state index contributed by atoms with van der Waals surface area (Å²) in [4.78, 5) is 12.8. The van der Waals surface area contributed by atoms with E-state index in [4.69, 9.17) is 9.15 Å². The second kappa shape index (κ2) is 7.97. The second-order valence-electron chi connectivity index (χ2n) is 7.46. The SMILES string of the molecule is O=c1cc(-c2ccc(O)c(O)c2)oc2cc(O)c([C@H]3O[C@@H](CO)[C@@H](O)[C@H](O)[C@@H]3O)c(O)c12. The molecule has 3 aromatic rings. The van der Waals surface area contributed by atoms with Gasteiger partial charge in [-0.05, 0) is 18.2 Å². The average Bonchev–Trinajstić information content (AvgIpc) is 2.74. The molecule has 0 bridgehead atoms. The molecule has 1 aliphatic heterocycles. The van der Waals surface area contributed by atoms with Crippen molar-refractivity contribution in [1.29, 1.82) is 0 Å². The van der Waals surface area contributed by atoms with E-state index in [9.17, 15) is 45.6 Å². The van der Waals surface area contributed by atoms with Gasteiger partial charge in [-0.3, -0.25) is 4.79 Å². The first-order valence-electron chi connectivity index (χ1n) is 9.49. The van der Waals surface area contributed by atoms with Gasteiger partial charge in [0.15, 0.2) is 16.9 Å². The molecule has 11 heteroatoms. The molecule has 0 spiro atoms. The van der Waals surface area contributed by atoms with Crippen molar-refractivity contribution in [2.24, 2.45) is 0 Å². The molecule has 4 rings (SSSR count). The topological polar surface area (TPSA) is 201 Å². The highest BCUT2D eigenvalue weighted by atomic mass is 16.5. The zero-order chi connectivity index (χ0) is 23.3. The van der Waals surface area contributed by atoms with E-state index >= 15 is 0 Å². The van der Waals surface area contributed by atoms with Gasteiger partial charge < -0.3 is 50.0 Å². The molecule has 8 N–H and O–H groups in total. The Bertz CT molecular complexity index is 1230. The highest BCUT2D eigenvalue weighted by Crippen LogP contribution is 2.44. The maximum atomic E-state index is 12.8. The fourth-order valence-electron chi connectivity index (χ4n) is 3.74. The third-order valence-corrected chi connectivity index (χ3v) is 5.45. The van der Waals surface area contributed by atoms with Crippen LogP contribution in [-0.2, 0) is 4.74 Å². The number of aromatic hydroxyl groups is 4. The van der Waals surface area contributed by atoms with Gasteiger partial charge in [0.25, 0.3) is 0 Å². The van der Waals surface area contributed by atoms with Gasteiger partial charge in [0.1, 0.15) is 58.7 Å². The summed E-state index contributed by atoms with van der Waals surface area (Å²) in [5.41, 5.74) is -1.17. The Balaban J connectivity index is 1.86. The highest BCUT2D eigenvalue weighted by Gasteiger charge is 2.46. The van der Waals surface area contributed by atoms with Crippen molar-refractivity contribution in [2.45, 2.75) is 30.5 Å². The minimum atomic E-state index is -1.80. The van der Waals surface area contributed by atoms with Crippen LogP contribution in [0.2, 0.25) is 0 Å². The summed E-state index contributed by atoms with van der Waals surface area (Å²) in [5.74, 6) is -2.28. The van der Waals surface area contributed by atoms with E-state index in [2.05, 4.69) is 0 Å². The lowest BCUT2D eigenvalue weighted by Crippen LogP contribution is -2.55. The van der Waals surface area contributed by atoms with Gasteiger partial charge in [-0.1, -0.05) is 0 Å². The number of aliphatic hydroxyl groups excluding tert-OH is 4. The molecule has 32 heavy (non-hydrogen) atoms. The lowest BCUT2D eigenvalue weighted by Gasteiger charge is -2.40. The normalized spacial score (nSPS) is 25.8. The summed E-state index contributed by atoms with van der Waals surface area (Å²) in [6.07, 6.45) is -8.09. The first-order chi connectivity index (χ1) is 15.1. The van der Waals surface area contributed by atoms with Gasteiger partial charge in [0, 0.05) is 17.7 Å². The molecule has 2 heterocycles. The number of hydrogen-bond acceptors (Lipinski definition) is 11. The molecular weight excluding hydrogens is 428 g/mol. The van der Waals surface area contributed by atoms with E-state index in [1.807, 2.05) is 0 Å². The van der Waals surface area contributed by atoms with E-state index in [1.54, 1.807) is 0 Å². The maximum absolute atomic E-state index is 12.8. The molecule has 2 aromatic carbocycles. The van der Waals surface area contributed by atoms with E-state index < -0.39 is 65.4 Å². The van der Waals surface area contributed by atoms with E-state index in [-0.39, 0.29) is 28.0 Å². The monoisotopic (exact) mass is 448 g/mol. The number of phenolic OH excluding ortho intramolecular Hbond substituents is 4. The molecule has 0 radical (unpaired) electrons. The van der Waals surface area contributed by atoms with E-state index in [1.165, 1.54) is 12.1 Å². The summed E-state index contributed by atoms with van der Waals surface area (Å²) in [5, 5.41) is 79.6. The van der Waals surface area contributed by atoms with Crippen LogP contribution in [0.3, 0.4) is 0 Å². The third kappa shape index (κ3) is 3.42. The van der Waals surface area contributed by atoms with Gasteiger partial charge in [-0.15, -0.1) is 0 Å². The van der Waals surface area contributed by atoms with Crippen molar-refractivity contribution in [1.82, 2.24) is 0 Å². The van der Waals surface area contributed by atoms with Gasteiger partial charge in [0.2, 0.25) is 0 Å². The number of aliphatic hydroxyl groups is 4. The molecule has 1 aromatic heterocycles. The molecule has 11 nitrogen and oxygen atoms in total. The van der Waals surface area contributed by atoms with Crippen molar-refractivity contribution < 1.29 is 50.0 Å². The van der Waals surface area contributed by atoms with Crippen LogP contribution in [-0.4, -0.2) is 71.9 Å². The van der Waals surface area contributed by atoms with Crippen LogP contribution in [0.1, 0.15) is 11.7 Å². The standard InChI is InChI=1S/C21H20O11/c22-6-14-17(27)19(29)20(30)21(32-14)16-11(26)5-13-15(18(16)28)10(25)4-12(31-13)7-1-2-8(23)9(24)3-7/h1-5,14,17,19-24,26-30H,6H2/t14-,17+,19-,20-,21+/m0/s1. The van der Waals surface area contributed by atoms with E-state index in [0.29, 0.717) is 0 Å². The first kappa shape index (κ1) is 21.9. The molecule has 1 aliphatic rings. The summed E-state index contributed by atoms with van der Waals surface area (Å²) >= 11 is 0. The fourth-order valence-corrected chi connectivity index (χ4v) is 3.74. The number of benzene rings is 2. The Morgan fingerprint density at radius 2 is 1.56 bits per heavy atom. The number of fused-ring (bicyclic) bond motifs is 1. The van der Waals surface area contributed by atoms with Crippen LogP contribution in [0.4, 0.5) is 0 Å². The van der Waals surface area contributed by atoms with Crippen molar-refractivity contribution in [3.8, 4) is 34.3 Å². The number of rotatable bonds is 3. The molecule has 1 saturated heterocycles. The van der Waals surface area contributed by atoms with Crippen LogP contribution in [0.25, 0.3) is 22.3 Å². The summed E-state index contributed by atoms with van der Waals surface area (Å²) < 4.78 is 11.0. The van der Waals surface area contributed by atoms with Gasteiger partial charge >= 0.3 is 0 Å². The summed E-state index contributed by atoms with van der Waals surface area (Å²) in [6, 6.07) is 5.73. The largest absolute Gasteiger partial charge is 0.507 e. The first-order valence-corrected chi connectivity index (χ1v) is 9.49. The molecule has 5 atom stereocenters. The summed E-state index contributed by atoms with van der Waals surface area (Å²) in [6.45, 7) is -0.721. The Morgan fingerprint density at radius 1 is 0.844 bits per heavy atom. The Labute approximate surface area is 179 Å². The number of hydrogen-bond donors (Lipinski definition) is 8. The maximum Gasteiger partial charge on any atom is 0.197 e. The van der Waals surface area contributed by atoms with Gasteiger partial charge in [0.05, 0.1) is 12.2 Å². The lowest BCUT2D eigenvalue weighted by molar-refractivity contribution is -0.232. The molecule has 0 amide bonds. The van der Waals surface area contributed by atoms with Gasteiger partial charge in [-0.25, -0.2) is 0 Å². The van der Waals surface area contributed by atoms with Crippen molar-refractivity contribution in [2.75, 3.05) is 6.61 Å². The van der Waals surface area contributed by atoms with Crippen LogP contribution >= 0.6 is 0 Å². The second-order valence-corrected chi connectivity index (χ2v) is 7.46. The van der Waals surface area contributed by atoms with E-state index in [0.717, 1.165) is 18.2 Å². The molecular formula is C21H20O11. The zero-order valence-corrected chi connectivity index (χ0v) is 16.3. The zero-order valence-electron chi connectivity index (χ0n) is 16.3. The fraction of sp³-hybridized carbons (Fsp3) is 0.286. The lowest BCUT2D eigenvalue weighted by atomic mass is 9.89. The molecule has 1 fully saturated rings. The van der Waals surface area contributed by atoms with Gasteiger partial charge in [-0.2, -0.15) is 0 Å². The van der Waals surface area contributed by atoms with Crippen LogP contribution in [0.5, 0.6) is 23.0 Å². The predicted octanol–water partition coefficient (Wildman–Crippen LogP) is -0.203.